The van der Waals surface area contributed by atoms with Crippen molar-refractivity contribution in [2.75, 3.05) is 5.32 Å². The number of carbonyl (C=O) groups is 1. The number of carbonyl (C=O) groups excluding carboxylic acids is 1. The molecule has 3 N–H and O–H groups in total. The van der Waals surface area contributed by atoms with Gasteiger partial charge in [-0.05, 0) is 35.2 Å². The van der Waals surface area contributed by atoms with Gasteiger partial charge >= 0.3 is 0 Å². The first-order valence-electron chi connectivity index (χ1n) is 12.4. The number of aromatic nitrogens is 7. The van der Waals surface area contributed by atoms with E-state index in [0.717, 1.165) is 16.5 Å². The van der Waals surface area contributed by atoms with E-state index in [2.05, 4.69) is 35.5 Å². The van der Waals surface area contributed by atoms with Crippen LogP contribution < -0.4 is 5.32 Å². The fourth-order valence-electron chi connectivity index (χ4n) is 4.50. The molecule has 0 spiro atoms. The van der Waals surface area contributed by atoms with E-state index in [0.29, 0.717) is 51.5 Å². The van der Waals surface area contributed by atoms with Crippen molar-refractivity contribution in [2.45, 2.75) is 27.2 Å². The van der Waals surface area contributed by atoms with Crippen molar-refractivity contribution in [1.82, 2.24) is 35.1 Å². The van der Waals surface area contributed by atoms with Crippen LogP contribution in [-0.2, 0) is 4.79 Å². The van der Waals surface area contributed by atoms with Crippen molar-refractivity contribution >= 4 is 33.5 Å². The van der Waals surface area contributed by atoms with Gasteiger partial charge in [0.2, 0.25) is 5.91 Å². The van der Waals surface area contributed by atoms with Gasteiger partial charge in [0, 0.05) is 35.3 Å². The topological polar surface area (TPSA) is 125 Å². The molecule has 9 nitrogen and oxygen atoms in total. The summed E-state index contributed by atoms with van der Waals surface area (Å²) in [5.74, 6) is 0.144. The van der Waals surface area contributed by atoms with Crippen LogP contribution in [0.3, 0.4) is 0 Å². The highest BCUT2D eigenvalue weighted by molar-refractivity contribution is 5.97. The van der Waals surface area contributed by atoms with Crippen molar-refractivity contribution in [1.29, 1.82) is 0 Å². The van der Waals surface area contributed by atoms with E-state index in [1.54, 1.807) is 37.1 Å². The number of hydrogen-bond donors (Lipinski definition) is 3. The predicted octanol–water partition coefficient (Wildman–Crippen LogP) is 6.14. The van der Waals surface area contributed by atoms with Gasteiger partial charge in [-0.15, -0.1) is 0 Å². The number of aromatic amines is 2. The molecule has 0 aliphatic carbocycles. The molecule has 0 unspecified atom stereocenters. The number of rotatable bonds is 5. The average molecular weight is 521 g/mol. The Bertz CT molecular complexity index is 1850. The largest absolute Gasteiger partial charge is 0.335 e. The second-order valence-electron chi connectivity index (χ2n) is 10.6. The van der Waals surface area contributed by atoms with Gasteiger partial charge in [0.15, 0.2) is 5.82 Å². The Balaban J connectivity index is 1.37. The van der Waals surface area contributed by atoms with E-state index in [-0.39, 0.29) is 17.1 Å². The molecule has 39 heavy (non-hydrogen) atoms. The highest BCUT2D eigenvalue weighted by Crippen LogP contribution is 2.32. The van der Waals surface area contributed by atoms with Gasteiger partial charge in [0.1, 0.15) is 11.5 Å². The maximum atomic E-state index is 13.9. The molecule has 0 radical (unpaired) electrons. The second-order valence-corrected chi connectivity index (χ2v) is 10.6. The molecule has 1 aromatic carbocycles. The number of H-pyrrole nitrogens is 2. The summed E-state index contributed by atoms with van der Waals surface area (Å²) >= 11 is 0. The van der Waals surface area contributed by atoms with Gasteiger partial charge < -0.3 is 10.3 Å². The summed E-state index contributed by atoms with van der Waals surface area (Å²) in [7, 11) is 0. The molecule has 5 heterocycles. The van der Waals surface area contributed by atoms with Crippen molar-refractivity contribution in [3.8, 4) is 33.9 Å². The van der Waals surface area contributed by atoms with E-state index >= 15 is 0 Å². The number of benzene rings is 1. The lowest BCUT2D eigenvalue weighted by atomic mass is 9.92. The zero-order valence-corrected chi connectivity index (χ0v) is 21.6. The minimum atomic E-state index is -0.328. The molecule has 6 rings (SSSR count). The van der Waals surface area contributed by atoms with E-state index in [1.807, 2.05) is 39.0 Å². The second kappa shape index (κ2) is 9.39. The summed E-state index contributed by atoms with van der Waals surface area (Å²) in [5.41, 5.74) is 6.02. The molecule has 0 atom stereocenters. The lowest BCUT2D eigenvalue weighted by Gasteiger charge is -2.17. The Morgan fingerprint density at radius 1 is 0.974 bits per heavy atom. The number of nitrogens with one attached hydrogen (secondary N) is 3. The number of halogens is 1. The Kier molecular flexibility index (Phi) is 5.86. The first-order chi connectivity index (χ1) is 18.7. The smallest absolute Gasteiger partial charge is 0.224 e. The van der Waals surface area contributed by atoms with Crippen LogP contribution in [0.4, 0.5) is 10.1 Å². The van der Waals surface area contributed by atoms with Crippen molar-refractivity contribution in [3.63, 3.8) is 0 Å². The fourth-order valence-corrected chi connectivity index (χ4v) is 4.50. The quantitative estimate of drug-likeness (QED) is 0.251. The summed E-state index contributed by atoms with van der Waals surface area (Å²) < 4.78 is 13.9. The normalized spacial score (nSPS) is 11.8. The van der Waals surface area contributed by atoms with E-state index in [9.17, 15) is 9.18 Å². The fraction of sp³-hybridized carbons (Fsp3) is 0.172. The monoisotopic (exact) mass is 520 g/mol. The standard InChI is InChI=1S/C29H25FN8O/c1-29(2,3)10-25(39)34-19-8-17(11-31-12-19)22-9-20-23(15-33-22)37-38-27(20)28-35-24-14-32-13-21(26(24)36-28)16-5-4-6-18(30)7-16/h4-9,11-15H,10H2,1-3H3,(H,34,39)(H,35,36)(H,37,38). The van der Waals surface area contributed by atoms with Crippen LogP contribution in [0.2, 0.25) is 0 Å². The van der Waals surface area contributed by atoms with Gasteiger partial charge in [-0.3, -0.25) is 24.8 Å². The number of imidazole rings is 1. The van der Waals surface area contributed by atoms with E-state index in [4.69, 9.17) is 4.98 Å². The number of anilines is 1. The van der Waals surface area contributed by atoms with E-state index < -0.39 is 0 Å². The highest BCUT2D eigenvalue weighted by Gasteiger charge is 2.18. The Morgan fingerprint density at radius 2 is 1.82 bits per heavy atom. The molecule has 6 aromatic rings. The van der Waals surface area contributed by atoms with Gasteiger partial charge in [0.05, 0.1) is 46.5 Å². The lowest BCUT2D eigenvalue weighted by molar-refractivity contribution is -0.117. The zero-order chi connectivity index (χ0) is 27.1. The van der Waals surface area contributed by atoms with Gasteiger partial charge in [-0.1, -0.05) is 32.9 Å². The predicted molar refractivity (Wildman–Crippen MR) is 148 cm³/mol. The number of nitrogens with zero attached hydrogens (tertiary/aromatic N) is 5. The summed E-state index contributed by atoms with van der Waals surface area (Å²) in [6.07, 6.45) is 8.77. The van der Waals surface area contributed by atoms with Crippen molar-refractivity contribution < 1.29 is 9.18 Å². The van der Waals surface area contributed by atoms with Crippen LogP contribution in [-0.4, -0.2) is 41.0 Å². The third-order valence-corrected chi connectivity index (χ3v) is 6.21. The summed E-state index contributed by atoms with van der Waals surface area (Å²) in [6.45, 7) is 6.05. The molecule has 0 aliphatic heterocycles. The van der Waals surface area contributed by atoms with Gasteiger partial charge in [0.25, 0.3) is 0 Å². The molecule has 194 valence electrons. The van der Waals surface area contributed by atoms with Crippen LogP contribution in [0.1, 0.15) is 27.2 Å². The minimum absolute atomic E-state index is 0.0704. The van der Waals surface area contributed by atoms with Gasteiger partial charge in [-0.2, -0.15) is 5.10 Å². The van der Waals surface area contributed by atoms with Crippen LogP contribution in [0, 0.1) is 11.2 Å². The molecule has 0 saturated heterocycles. The first kappa shape index (κ1) is 24.4. The van der Waals surface area contributed by atoms with Crippen molar-refractivity contribution in [2.24, 2.45) is 5.41 Å². The third kappa shape index (κ3) is 4.96. The number of fused-ring (bicyclic) bond motifs is 2. The molecule has 0 saturated carbocycles. The molecule has 0 aliphatic rings. The molecular weight excluding hydrogens is 495 g/mol. The van der Waals surface area contributed by atoms with Crippen LogP contribution >= 0.6 is 0 Å². The average Bonchev–Trinajstić information content (AvgIpc) is 3.51. The molecule has 0 bridgehead atoms. The Morgan fingerprint density at radius 3 is 2.64 bits per heavy atom. The third-order valence-electron chi connectivity index (χ3n) is 6.21. The summed E-state index contributed by atoms with van der Waals surface area (Å²) in [5, 5.41) is 11.2. The molecular formula is C29H25FN8O. The minimum Gasteiger partial charge on any atom is -0.335 e. The van der Waals surface area contributed by atoms with Crippen molar-refractivity contribution in [3.05, 3.63) is 73.2 Å². The lowest BCUT2D eigenvalue weighted by Crippen LogP contribution is -2.19. The number of amides is 1. The zero-order valence-electron chi connectivity index (χ0n) is 21.6. The molecule has 10 heteroatoms. The summed E-state index contributed by atoms with van der Waals surface area (Å²) in [4.78, 5) is 33.7. The van der Waals surface area contributed by atoms with Gasteiger partial charge in [-0.25, -0.2) is 9.37 Å². The number of pyridine rings is 3. The van der Waals surface area contributed by atoms with E-state index in [1.165, 1.54) is 12.1 Å². The maximum Gasteiger partial charge on any atom is 0.224 e. The first-order valence-corrected chi connectivity index (χ1v) is 12.4. The SMILES string of the molecule is CC(C)(C)CC(=O)Nc1cncc(-c2cc3c(-c4nc5c(-c6cccc(F)c6)cncc5[nH]4)n[nH]c3cn2)c1. The number of hydrogen-bond acceptors (Lipinski definition) is 6. The Labute approximate surface area is 223 Å². The van der Waals surface area contributed by atoms with Crippen LogP contribution in [0.15, 0.2) is 67.4 Å². The molecule has 1 amide bonds. The van der Waals surface area contributed by atoms with Crippen LogP contribution in [0.25, 0.3) is 55.8 Å². The van der Waals surface area contributed by atoms with Crippen LogP contribution in [0.5, 0.6) is 0 Å². The highest BCUT2D eigenvalue weighted by atomic mass is 19.1. The Hall–Kier alpha value is -4.99. The maximum absolute atomic E-state index is 13.9. The summed E-state index contributed by atoms with van der Waals surface area (Å²) in [6, 6.07) is 10.1. The molecule has 5 aromatic heterocycles. The molecule has 0 fully saturated rings.